The van der Waals surface area contributed by atoms with Gasteiger partial charge in [-0.25, -0.2) is 0 Å². The zero-order chi connectivity index (χ0) is 19.0. The zero-order valence-electron chi connectivity index (χ0n) is 16.4. The highest BCUT2D eigenvalue weighted by Gasteiger charge is 2.41. The van der Waals surface area contributed by atoms with E-state index in [-0.39, 0.29) is 22.9 Å². The maximum Gasteiger partial charge on any atom is 0.263 e. The standard InChI is InChI=1S/C22H30N2O2.BrH/c1-4-20(5-2)23-16-17-24(3)21(25)22(26,18-12-8-6-9-13-18)19-14-10-7-11-15-19;/h6-15,20,23,26H,4-5,16-17H2,1-3H3;1H. The summed E-state index contributed by atoms with van der Waals surface area (Å²) in [5.74, 6) is -0.298. The molecule has 0 unspecified atom stereocenters. The number of nitrogens with zero attached hydrogens (tertiary/aromatic N) is 1. The van der Waals surface area contributed by atoms with Gasteiger partial charge in [-0.15, -0.1) is 0 Å². The van der Waals surface area contributed by atoms with Gasteiger partial charge in [0, 0.05) is 7.05 Å². The first kappa shape index (κ1) is 23.3. The molecule has 2 aromatic carbocycles. The lowest BCUT2D eigenvalue weighted by Gasteiger charge is -2.32. The number of hydrogen-bond acceptors (Lipinski definition) is 2. The molecule has 0 heterocycles. The Balaban J connectivity index is 0.00000364. The molecular formula is C22H31BrN2O2. The van der Waals surface area contributed by atoms with Crippen LogP contribution in [0.4, 0.5) is 0 Å². The predicted molar refractivity (Wildman–Crippen MR) is 105 cm³/mol. The minimum absolute atomic E-state index is 0. The highest BCUT2D eigenvalue weighted by molar-refractivity contribution is 5.90. The molecule has 0 radical (unpaired) electrons. The van der Waals surface area contributed by atoms with Crippen LogP contribution in [0.1, 0.15) is 37.8 Å². The van der Waals surface area contributed by atoms with Gasteiger partial charge in [0.1, 0.15) is 0 Å². The molecule has 0 saturated carbocycles. The van der Waals surface area contributed by atoms with Crippen LogP contribution < -0.4 is 22.3 Å². The third-order valence-electron chi connectivity index (χ3n) is 5.05. The van der Waals surface area contributed by atoms with E-state index in [0.29, 0.717) is 23.7 Å². The number of hydrogen-bond donors (Lipinski definition) is 2. The highest BCUT2D eigenvalue weighted by atomic mass is 79.9. The van der Waals surface area contributed by atoms with Crippen LogP contribution in [0.25, 0.3) is 0 Å². The second kappa shape index (κ2) is 11.2. The third-order valence-corrected chi connectivity index (χ3v) is 5.05. The lowest BCUT2D eigenvalue weighted by molar-refractivity contribution is -0.689. The largest absolute Gasteiger partial charge is 1.00 e. The van der Waals surface area contributed by atoms with Crippen LogP contribution in [0.3, 0.4) is 0 Å². The van der Waals surface area contributed by atoms with Crippen molar-refractivity contribution < 1.29 is 32.2 Å². The highest BCUT2D eigenvalue weighted by Crippen LogP contribution is 2.31. The Morgan fingerprint density at radius 1 is 1.00 bits per heavy atom. The average molecular weight is 435 g/mol. The normalized spacial score (nSPS) is 11.1. The van der Waals surface area contributed by atoms with Gasteiger partial charge in [0.05, 0.1) is 19.1 Å². The summed E-state index contributed by atoms with van der Waals surface area (Å²) in [4.78, 5) is 14.9. The number of carbonyl (C=O) groups is 1. The number of quaternary nitrogens is 1. The van der Waals surface area contributed by atoms with Gasteiger partial charge in [-0.3, -0.25) is 4.79 Å². The topological polar surface area (TPSA) is 57.2 Å². The van der Waals surface area contributed by atoms with Crippen LogP contribution in [0.2, 0.25) is 0 Å². The number of rotatable bonds is 9. The molecule has 0 aliphatic carbocycles. The van der Waals surface area contributed by atoms with Gasteiger partial charge >= 0.3 is 0 Å². The fourth-order valence-electron chi connectivity index (χ4n) is 3.28. The molecule has 5 heteroatoms. The molecule has 0 aliphatic rings. The second-order valence-electron chi connectivity index (χ2n) is 6.77. The van der Waals surface area contributed by atoms with Crippen molar-refractivity contribution in [1.82, 2.24) is 4.90 Å². The fraction of sp³-hybridized carbons (Fsp3) is 0.409. The number of nitrogens with two attached hydrogens (primary N) is 1. The Bertz CT molecular complexity index is 636. The average Bonchev–Trinajstić information content (AvgIpc) is 2.71. The van der Waals surface area contributed by atoms with Gasteiger partial charge in [-0.1, -0.05) is 74.5 Å². The Morgan fingerprint density at radius 2 is 1.44 bits per heavy atom. The van der Waals surface area contributed by atoms with Gasteiger partial charge in [-0.2, -0.15) is 0 Å². The molecule has 4 nitrogen and oxygen atoms in total. The lowest BCUT2D eigenvalue weighted by Crippen LogP contribution is -3.00. The van der Waals surface area contributed by atoms with Crippen LogP contribution in [0.15, 0.2) is 60.7 Å². The van der Waals surface area contributed by atoms with Crippen molar-refractivity contribution in [3.05, 3.63) is 71.8 Å². The van der Waals surface area contributed by atoms with Gasteiger partial charge in [0.2, 0.25) is 0 Å². The number of carbonyl (C=O) groups excluding carboxylic acids is 1. The van der Waals surface area contributed by atoms with Gasteiger partial charge in [0.25, 0.3) is 5.91 Å². The number of likely N-dealkylation sites (N-methyl/N-ethyl adjacent to an activating group) is 1. The Hall–Kier alpha value is -1.69. The summed E-state index contributed by atoms with van der Waals surface area (Å²) in [7, 11) is 1.76. The van der Waals surface area contributed by atoms with E-state index in [1.807, 2.05) is 36.4 Å². The molecule has 148 valence electrons. The van der Waals surface area contributed by atoms with Crippen molar-refractivity contribution in [2.24, 2.45) is 0 Å². The number of amides is 1. The van der Waals surface area contributed by atoms with E-state index in [9.17, 15) is 9.90 Å². The van der Waals surface area contributed by atoms with Crippen molar-refractivity contribution in [3.63, 3.8) is 0 Å². The van der Waals surface area contributed by atoms with Crippen LogP contribution in [0, 0.1) is 0 Å². The number of halogens is 1. The second-order valence-corrected chi connectivity index (χ2v) is 6.77. The van der Waals surface area contributed by atoms with Gasteiger partial charge < -0.3 is 32.3 Å². The molecular weight excluding hydrogens is 404 g/mol. The summed E-state index contributed by atoms with van der Waals surface area (Å²) in [6.07, 6.45) is 2.23. The maximum atomic E-state index is 13.2. The van der Waals surface area contributed by atoms with Crippen molar-refractivity contribution in [1.29, 1.82) is 0 Å². The summed E-state index contributed by atoms with van der Waals surface area (Å²) in [5, 5.41) is 13.8. The third kappa shape index (κ3) is 5.64. The van der Waals surface area contributed by atoms with E-state index < -0.39 is 5.60 Å². The smallest absolute Gasteiger partial charge is 0.263 e. The van der Waals surface area contributed by atoms with E-state index in [1.54, 1.807) is 36.2 Å². The minimum Gasteiger partial charge on any atom is -1.00 e. The lowest BCUT2D eigenvalue weighted by atomic mass is 9.85. The van der Waals surface area contributed by atoms with Crippen LogP contribution >= 0.6 is 0 Å². The molecule has 0 saturated heterocycles. The van der Waals surface area contributed by atoms with Crippen LogP contribution in [0.5, 0.6) is 0 Å². The molecule has 0 bridgehead atoms. The monoisotopic (exact) mass is 434 g/mol. The molecule has 0 atom stereocenters. The Kier molecular flexibility index (Phi) is 9.70. The first-order valence-electron chi connectivity index (χ1n) is 9.46. The molecule has 0 aromatic heterocycles. The van der Waals surface area contributed by atoms with Crippen molar-refractivity contribution >= 4 is 5.91 Å². The van der Waals surface area contributed by atoms with E-state index in [0.717, 1.165) is 19.4 Å². The first-order valence-corrected chi connectivity index (χ1v) is 9.46. The first-order chi connectivity index (χ1) is 12.5. The van der Waals surface area contributed by atoms with Crippen LogP contribution in [-0.4, -0.2) is 42.1 Å². The molecule has 0 fully saturated rings. The van der Waals surface area contributed by atoms with Gasteiger partial charge in [0.15, 0.2) is 5.60 Å². The molecule has 3 N–H and O–H groups in total. The predicted octanol–water partition coefficient (Wildman–Crippen LogP) is -0.863. The SMILES string of the molecule is CCC(CC)[NH2+]CCN(C)C(=O)C(O)(c1ccccc1)c1ccccc1.[Br-]. The molecule has 1 amide bonds. The summed E-state index contributed by atoms with van der Waals surface area (Å²) in [5.41, 5.74) is -0.495. The molecule has 2 aromatic rings. The van der Waals surface area contributed by atoms with Crippen molar-refractivity contribution in [3.8, 4) is 0 Å². The zero-order valence-corrected chi connectivity index (χ0v) is 18.0. The molecule has 0 spiro atoms. The maximum absolute atomic E-state index is 13.2. The molecule has 0 aliphatic heterocycles. The summed E-state index contributed by atoms with van der Waals surface area (Å²) >= 11 is 0. The van der Waals surface area contributed by atoms with E-state index >= 15 is 0 Å². The van der Waals surface area contributed by atoms with Crippen molar-refractivity contribution in [2.45, 2.75) is 38.3 Å². The Morgan fingerprint density at radius 3 is 1.85 bits per heavy atom. The van der Waals surface area contributed by atoms with E-state index in [2.05, 4.69) is 19.2 Å². The quantitative estimate of drug-likeness (QED) is 0.539. The molecule has 27 heavy (non-hydrogen) atoms. The van der Waals surface area contributed by atoms with E-state index in [4.69, 9.17) is 0 Å². The summed E-state index contributed by atoms with van der Waals surface area (Å²) in [6.45, 7) is 5.79. The molecule has 2 rings (SSSR count). The van der Waals surface area contributed by atoms with Crippen LogP contribution in [-0.2, 0) is 10.4 Å². The van der Waals surface area contributed by atoms with Crippen molar-refractivity contribution in [2.75, 3.05) is 20.1 Å². The van der Waals surface area contributed by atoms with E-state index in [1.165, 1.54) is 0 Å². The Labute approximate surface area is 173 Å². The fourth-order valence-corrected chi connectivity index (χ4v) is 3.28. The summed E-state index contributed by atoms with van der Waals surface area (Å²) < 4.78 is 0. The number of aliphatic hydroxyl groups is 1. The van der Waals surface area contributed by atoms with Gasteiger partial charge in [-0.05, 0) is 24.0 Å². The summed E-state index contributed by atoms with van der Waals surface area (Å²) in [6, 6.07) is 18.9. The number of benzene rings is 2. The minimum atomic E-state index is -1.67.